The molecule has 19 heavy (non-hydrogen) atoms. The fourth-order valence-electron chi connectivity index (χ4n) is 1.61. The highest BCUT2D eigenvalue weighted by atomic mass is 19.1. The number of carbonyl (C=O) groups is 1. The predicted octanol–water partition coefficient (Wildman–Crippen LogP) is 2.64. The lowest BCUT2D eigenvalue weighted by atomic mass is 10.1. The number of nitrogens with two attached hydrogens (primary N) is 1. The molecule has 0 bridgehead atoms. The topological polar surface area (TPSA) is 52.3 Å². The lowest BCUT2D eigenvalue weighted by molar-refractivity contribution is 0.0991. The summed E-state index contributed by atoms with van der Waals surface area (Å²) in [5.41, 5.74) is 4.96. The molecule has 0 saturated heterocycles. The van der Waals surface area contributed by atoms with Crippen LogP contribution in [0.1, 0.15) is 15.9 Å². The van der Waals surface area contributed by atoms with Crippen LogP contribution < -0.4 is 10.5 Å². The summed E-state index contributed by atoms with van der Waals surface area (Å²) in [5.74, 6) is -3.46. The molecule has 3 nitrogen and oxygen atoms in total. The number of halogens is 2. The Balaban J connectivity index is 2.22. The third kappa shape index (κ3) is 2.88. The van der Waals surface area contributed by atoms with Gasteiger partial charge in [0, 0.05) is 0 Å². The lowest BCUT2D eigenvalue weighted by Crippen LogP contribution is -2.16. The van der Waals surface area contributed by atoms with Crippen molar-refractivity contribution in [3.8, 4) is 5.75 Å². The maximum atomic E-state index is 13.8. The highest BCUT2D eigenvalue weighted by Gasteiger charge is 2.19. The molecule has 0 fully saturated rings. The van der Waals surface area contributed by atoms with Gasteiger partial charge in [0.2, 0.25) is 0 Å². The highest BCUT2D eigenvalue weighted by Crippen LogP contribution is 2.23. The molecule has 0 saturated carbocycles. The van der Waals surface area contributed by atoms with Gasteiger partial charge in [0.25, 0.3) is 5.91 Å². The molecule has 0 heterocycles. The smallest absolute Gasteiger partial charge is 0.254 e. The molecule has 0 aliphatic carbocycles. The lowest BCUT2D eigenvalue weighted by Gasteiger charge is -2.09. The van der Waals surface area contributed by atoms with E-state index in [1.807, 2.05) is 18.2 Å². The minimum Gasteiger partial charge on any atom is -0.486 e. The van der Waals surface area contributed by atoms with Gasteiger partial charge < -0.3 is 10.5 Å². The van der Waals surface area contributed by atoms with E-state index in [1.54, 1.807) is 12.1 Å². The summed E-state index contributed by atoms with van der Waals surface area (Å²) in [4.78, 5) is 11.0. The van der Waals surface area contributed by atoms with E-state index in [4.69, 9.17) is 10.5 Å². The molecule has 2 aromatic carbocycles. The van der Waals surface area contributed by atoms with Crippen LogP contribution in [0.5, 0.6) is 5.75 Å². The van der Waals surface area contributed by atoms with E-state index >= 15 is 0 Å². The van der Waals surface area contributed by atoms with Crippen LogP contribution in [-0.4, -0.2) is 5.91 Å². The third-order valence-corrected chi connectivity index (χ3v) is 2.54. The number of ether oxygens (including phenoxy) is 1. The normalized spacial score (nSPS) is 10.2. The number of hydrogen-bond donors (Lipinski definition) is 1. The van der Waals surface area contributed by atoms with E-state index in [-0.39, 0.29) is 12.4 Å². The second-order valence-corrected chi connectivity index (χ2v) is 3.87. The number of benzene rings is 2. The van der Waals surface area contributed by atoms with E-state index < -0.39 is 23.1 Å². The Kier molecular flexibility index (Phi) is 3.75. The van der Waals surface area contributed by atoms with Crippen LogP contribution in [0.25, 0.3) is 0 Å². The van der Waals surface area contributed by atoms with Gasteiger partial charge in [-0.3, -0.25) is 4.79 Å². The minimum absolute atomic E-state index is 0.113. The second-order valence-electron chi connectivity index (χ2n) is 3.87. The van der Waals surface area contributed by atoms with Crippen molar-refractivity contribution in [3.63, 3.8) is 0 Å². The molecule has 0 aromatic heterocycles. The minimum atomic E-state index is -1.17. The van der Waals surface area contributed by atoms with Crippen molar-refractivity contribution in [2.45, 2.75) is 6.61 Å². The van der Waals surface area contributed by atoms with E-state index in [1.165, 1.54) is 0 Å². The third-order valence-electron chi connectivity index (χ3n) is 2.54. The maximum absolute atomic E-state index is 13.8. The van der Waals surface area contributed by atoms with Crippen LogP contribution in [0.2, 0.25) is 0 Å². The van der Waals surface area contributed by atoms with Gasteiger partial charge in [-0.1, -0.05) is 30.3 Å². The van der Waals surface area contributed by atoms with E-state index in [0.717, 1.165) is 17.7 Å². The molecule has 0 unspecified atom stereocenters. The van der Waals surface area contributed by atoms with E-state index in [2.05, 4.69) is 0 Å². The summed E-state index contributed by atoms with van der Waals surface area (Å²) < 4.78 is 32.3. The van der Waals surface area contributed by atoms with Gasteiger partial charge >= 0.3 is 0 Å². The summed E-state index contributed by atoms with van der Waals surface area (Å²) in [6.07, 6.45) is 0. The number of amides is 1. The highest BCUT2D eigenvalue weighted by molar-refractivity contribution is 5.93. The molecular weight excluding hydrogens is 252 g/mol. The van der Waals surface area contributed by atoms with Crippen LogP contribution in [0, 0.1) is 11.6 Å². The Morgan fingerprint density at radius 2 is 1.79 bits per heavy atom. The van der Waals surface area contributed by atoms with Crippen molar-refractivity contribution in [1.29, 1.82) is 0 Å². The van der Waals surface area contributed by atoms with Crippen molar-refractivity contribution in [2.24, 2.45) is 5.73 Å². The molecule has 0 aliphatic heterocycles. The first-order valence-electron chi connectivity index (χ1n) is 5.54. The van der Waals surface area contributed by atoms with Crippen LogP contribution >= 0.6 is 0 Å². The van der Waals surface area contributed by atoms with Gasteiger partial charge in [-0.2, -0.15) is 0 Å². The van der Waals surface area contributed by atoms with Gasteiger partial charge in [-0.15, -0.1) is 0 Å². The van der Waals surface area contributed by atoms with Gasteiger partial charge in [-0.25, -0.2) is 8.78 Å². The van der Waals surface area contributed by atoms with Crippen molar-refractivity contribution in [2.75, 3.05) is 0 Å². The Morgan fingerprint density at radius 1 is 1.11 bits per heavy atom. The fourth-order valence-corrected chi connectivity index (χ4v) is 1.61. The first-order valence-corrected chi connectivity index (χ1v) is 5.54. The van der Waals surface area contributed by atoms with Crippen molar-refractivity contribution in [3.05, 3.63) is 65.2 Å². The van der Waals surface area contributed by atoms with Gasteiger partial charge in [0.1, 0.15) is 18.0 Å². The zero-order valence-corrected chi connectivity index (χ0v) is 9.90. The van der Waals surface area contributed by atoms with Crippen molar-refractivity contribution >= 4 is 5.91 Å². The molecule has 2 rings (SSSR count). The monoisotopic (exact) mass is 263 g/mol. The summed E-state index contributed by atoms with van der Waals surface area (Å²) in [6.45, 7) is 0.113. The van der Waals surface area contributed by atoms with E-state index in [9.17, 15) is 13.6 Å². The fraction of sp³-hybridized carbons (Fsp3) is 0.0714. The summed E-state index contributed by atoms with van der Waals surface area (Å²) in [5, 5.41) is 0. The number of carbonyl (C=O) groups excluding carboxylic acids is 1. The summed E-state index contributed by atoms with van der Waals surface area (Å²) in [6, 6.07) is 11.1. The largest absolute Gasteiger partial charge is 0.486 e. The predicted molar refractivity (Wildman–Crippen MR) is 65.6 cm³/mol. The first-order chi connectivity index (χ1) is 9.09. The van der Waals surface area contributed by atoms with E-state index in [0.29, 0.717) is 0 Å². The zero-order valence-electron chi connectivity index (χ0n) is 9.90. The van der Waals surface area contributed by atoms with Crippen molar-refractivity contribution in [1.82, 2.24) is 0 Å². The summed E-state index contributed by atoms with van der Waals surface area (Å²) >= 11 is 0. The number of rotatable bonds is 4. The molecule has 2 aromatic rings. The quantitative estimate of drug-likeness (QED) is 0.921. The zero-order chi connectivity index (χ0) is 13.8. The molecule has 2 N–H and O–H groups in total. The molecule has 0 radical (unpaired) electrons. The van der Waals surface area contributed by atoms with Crippen LogP contribution in [-0.2, 0) is 6.61 Å². The summed E-state index contributed by atoms with van der Waals surface area (Å²) in [7, 11) is 0. The Bertz CT molecular complexity index is 600. The molecule has 1 amide bonds. The average Bonchev–Trinajstić information content (AvgIpc) is 2.38. The Morgan fingerprint density at radius 3 is 2.42 bits per heavy atom. The molecule has 0 aliphatic rings. The molecule has 0 spiro atoms. The second kappa shape index (κ2) is 5.48. The Labute approximate surface area is 108 Å². The standard InChI is InChI=1S/C14H11F2NO2/c15-10-6-7-11(13(16)12(10)14(17)18)19-8-9-4-2-1-3-5-9/h1-7H,8H2,(H2,17,18). The van der Waals surface area contributed by atoms with Crippen molar-refractivity contribution < 1.29 is 18.3 Å². The number of hydrogen-bond acceptors (Lipinski definition) is 2. The molecule has 98 valence electrons. The maximum Gasteiger partial charge on any atom is 0.254 e. The molecule has 0 atom stereocenters. The van der Waals surface area contributed by atoms with Gasteiger partial charge in [0.05, 0.1) is 0 Å². The Hall–Kier alpha value is -2.43. The number of primary amides is 1. The van der Waals surface area contributed by atoms with Gasteiger partial charge in [-0.05, 0) is 17.7 Å². The SMILES string of the molecule is NC(=O)c1c(F)ccc(OCc2ccccc2)c1F. The van der Waals surface area contributed by atoms with Crippen LogP contribution in [0.3, 0.4) is 0 Å². The average molecular weight is 263 g/mol. The van der Waals surface area contributed by atoms with Gasteiger partial charge in [0.15, 0.2) is 11.6 Å². The first kappa shape index (κ1) is 13.0. The molecule has 5 heteroatoms. The van der Waals surface area contributed by atoms with Crippen LogP contribution in [0.15, 0.2) is 42.5 Å². The van der Waals surface area contributed by atoms with Crippen LogP contribution in [0.4, 0.5) is 8.78 Å². The molecular formula is C14H11F2NO2.